The van der Waals surface area contributed by atoms with Crippen molar-refractivity contribution in [2.45, 2.75) is 45.6 Å². The molecule has 118 valence electrons. The minimum atomic E-state index is -0.195. The molecule has 0 saturated carbocycles. The van der Waals surface area contributed by atoms with Gasteiger partial charge in [0, 0.05) is 11.7 Å². The highest BCUT2D eigenvalue weighted by atomic mass is 16.3. The molecule has 1 atom stereocenters. The number of carbonyl (C=O) groups is 1. The molecule has 0 aliphatic carbocycles. The Labute approximate surface area is 131 Å². The predicted molar refractivity (Wildman–Crippen MR) is 89.2 cm³/mol. The third-order valence-corrected chi connectivity index (χ3v) is 3.51. The largest absolute Gasteiger partial charge is 0.472 e. The lowest BCUT2D eigenvalue weighted by atomic mass is 9.87. The van der Waals surface area contributed by atoms with Crippen LogP contribution in [-0.4, -0.2) is 12.1 Å². The number of furan rings is 1. The van der Waals surface area contributed by atoms with Crippen molar-refractivity contribution in [3.8, 4) is 0 Å². The van der Waals surface area contributed by atoms with Crippen LogP contribution in [0.15, 0.2) is 47.3 Å². The highest BCUT2D eigenvalue weighted by molar-refractivity contribution is 5.89. The van der Waals surface area contributed by atoms with E-state index in [9.17, 15) is 4.79 Å². The van der Waals surface area contributed by atoms with Gasteiger partial charge in [-0.25, -0.2) is 4.79 Å². The second-order valence-corrected chi connectivity index (χ2v) is 6.66. The quantitative estimate of drug-likeness (QED) is 0.883. The zero-order chi connectivity index (χ0) is 16.2. The highest BCUT2D eigenvalue weighted by Crippen LogP contribution is 2.23. The molecule has 2 rings (SSSR count). The highest BCUT2D eigenvalue weighted by Gasteiger charge is 2.13. The third-order valence-electron chi connectivity index (χ3n) is 3.51. The molecule has 0 fully saturated rings. The van der Waals surface area contributed by atoms with Crippen LogP contribution in [0.2, 0.25) is 0 Å². The first-order valence-electron chi connectivity index (χ1n) is 7.54. The van der Waals surface area contributed by atoms with Gasteiger partial charge < -0.3 is 15.1 Å². The summed E-state index contributed by atoms with van der Waals surface area (Å²) in [6, 6.07) is 9.70. The number of nitrogens with one attached hydrogen (secondary N) is 2. The van der Waals surface area contributed by atoms with Gasteiger partial charge in [-0.3, -0.25) is 0 Å². The van der Waals surface area contributed by atoms with Crippen LogP contribution in [0.3, 0.4) is 0 Å². The van der Waals surface area contributed by atoms with E-state index >= 15 is 0 Å². The average Bonchev–Trinajstić information content (AvgIpc) is 2.90. The molecule has 0 bridgehead atoms. The number of hydrogen-bond acceptors (Lipinski definition) is 2. The molecule has 2 amide bonds. The average molecular weight is 300 g/mol. The monoisotopic (exact) mass is 300 g/mol. The van der Waals surface area contributed by atoms with Crippen LogP contribution in [0, 0.1) is 0 Å². The molecule has 4 heteroatoms. The van der Waals surface area contributed by atoms with Gasteiger partial charge in [-0.05, 0) is 48.1 Å². The van der Waals surface area contributed by atoms with E-state index in [1.807, 2.05) is 37.3 Å². The molecule has 0 spiro atoms. The molecule has 1 aromatic heterocycles. The van der Waals surface area contributed by atoms with Gasteiger partial charge in [-0.2, -0.15) is 0 Å². The topological polar surface area (TPSA) is 54.3 Å². The fourth-order valence-corrected chi connectivity index (χ4v) is 2.26. The normalized spacial score (nSPS) is 12.7. The molecule has 0 aliphatic heterocycles. The van der Waals surface area contributed by atoms with Gasteiger partial charge >= 0.3 is 6.03 Å². The Kier molecular flexibility index (Phi) is 4.91. The molecular formula is C18H24N2O2. The molecule has 0 aliphatic rings. The Morgan fingerprint density at radius 2 is 1.86 bits per heavy atom. The lowest BCUT2D eigenvalue weighted by molar-refractivity contribution is 0.249. The van der Waals surface area contributed by atoms with Crippen LogP contribution in [0.25, 0.3) is 0 Å². The Hall–Kier alpha value is -2.23. The maximum atomic E-state index is 12.0. The third kappa shape index (κ3) is 4.65. The van der Waals surface area contributed by atoms with E-state index < -0.39 is 0 Å². The first kappa shape index (κ1) is 16.1. The molecule has 1 aromatic carbocycles. The minimum absolute atomic E-state index is 0.0337. The van der Waals surface area contributed by atoms with E-state index in [2.05, 4.69) is 31.4 Å². The maximum absolute atomic E-state index is 12.0. The van der Waals surface area contributed by atoms with Crippen molar-refractivity contribution in [3.05, 3.63) is 54.0 Å². The first-order chi connectivity index (χ1) is 10.3. The summed E-state index contributed by atoms with van der Waals surface area (Å²) in [5, 5.41) is 5.78. The molecule has 0 radical (unpaired) electrons. The summed E-state index contributed by atoms with van der Waals surface area (Å²) >= 11 is 0. The summed E-state index contributed by atoms with van der Waals surface area (Å²) in [4.78, 5) is 12.0. The zero-order valence-electron chi connectivity index (χ0n) is 13.6. The van der Waals surface area contributed by atoms with E-state index in [1.54, 1.807) is 12.5 Å². The number of carbonyl (C=O) groups excluding carboxylic acids is 1. The van der Waals surface area contributed by atoms with Crippen molar-refractivity contribution in [3.63, 3.8) is 0 Å². The van der Waals surface area contributed by atoms with Crippen molar-refractivity contribution in [2.75, 3.05) is 5.32 Å². The van der Waals surface area contributed by atoms with Crippen LogP contribution < -0.4 is 10.6 Å². The van der Waals surface area contributed by atoms with E-state index in [-0.39, 0.29) is 17.5 Å². The predicted octanol–water partition coefficient (Wildman–Crippen LogP) is 4.33. The molecule has 2 aromatic rings. The molecule has 2 N–H and O–H groups in total. The summed E-state index contributed by atoms with van der Waals surface area (Å²) in [6.45, 7) is 8.47. The van der Waals surface area contributed by atoms with E-state index in [4.69, 9.17) is 4.42 Å². The first-order valence-corrected chi connectivity index (χ1v) is 7.54. The number of benzene rings is 1. The van der Waals surface area contributed by atoms with Crippen LogP contribution in [0.1, 0.15) is 38.8 Å². The molecule has 4 nitrogen and oxygen atoms in total. The van der Waals surface area contributed by atoms with Crippen LogP contribution in [0.5, 0.6) is 0 Å². The van der Waals surface area contributed by atoms with Crippen LogP contribution in [0.4, 0.5) is 10.5 Å². The van der Waals surface area contributed by atoms with Gasteiger partial charge in [0.15, 0.2) is 0 Å². The summed E-state index contributed by atoms with van der Waals surface area (Å²) in [6.07, 6.45) is 4.08. The van der Waals surface area contributed by atoms with Gasteiger partial charge in [-0.15, -0.1) is 0 Å². The van der Waals surface area contributed by atoms with E-state index in [1.165, 1.54) is 5.56 Å². The Balaban J connectivity index is 1.86. The van der Waals surface area contributed by atoms with Crippen molar-refractivity contribution in [1.29, 1.82) is 0 Å². The minimum Gasteiger partial charge on any atom is -0.472 e. The Morgan fingerprint density at radius 3 is 2.41 bits per heavy atom. The summed E-state index contributed by atoms with van der Waals surface area (Å²) in [5.41, 5.74) is 3.22. The fourth-order valence-electron chi connectivity index (χ4n) is 2.26. The van der Waals surface area contributed by atoms with Crippen molar-refractivity contribution in [1.82, 2.24) is 5.32 Å². The van der Waals surface area contributed by atoms with Gasteiger partial charge in [0.25, 0.3) is 0 Å². The van der Waals surface area contributed by atoms with Crippen LogP contribution >= 0.6 is 0 Å². The molecule has 1 heterocycles. The van der Waals surface area contributed by atoms with Crippen LogP contribution in [-0.2, 0) is 11.8 Å². The van der Waals surface area contributed by atoms with Gasteiger partial charge in [0.2, 0.25) is 0 Å². The standard InChI is InChI=1S/C18H24N2O2/c1-13(11-14-9-10-22-12-14)19-17(21)20-16-7-5-15(6-8-16)18(2,3)4/h5-10,12-13H,11H2,1-4H3,(H2,19,20,21). The molecule has 0 saturated heterocycles. The van der Waals surface area contributed by atoms with Gasteiger partial charge in [0.05, 0.1) is 12.5 Å². The number of rotatable bonds is 4. The molecular weight excluding hydrogens is 276 g/mol. The number of anilines is 1. The van der Waals surface area contributed by atoms with E-state index in [0.29, 0.717) is 0 Å². The second-order valence-electron chi connectivity index (χ2n) is 6.66. The Morgan fingerprint density at radius 1 is 1.18 bits per heavy atom. The zero-order valence-corrected chi connectivity index (χ0v) is 13.6. The van der Waals surface area contributed by atoms with Gasteiger partial charge in [0.1, 0.15) is 0 Å². The molecule has 1 unspecified atom stereocenters. The maximum Gasteiger partial charge on any atom is 0.319 e. The van der Waals surface area contributed by atoms with Gasteiger partial charge in [-0.1, -0.05) is 32.9 Å². The summed E-state index contributed by atoms with van der Waals surface area (Å²) in [5.74, 6) is 0. The summed E-state index contributed by atoms with van der Waals surface area (Å²) < 4.78 is 5.03. The van der Waals surface area contributed by atoms with Crippen molar-refractivity contribution >= 4 is 11.7 Å². The van der Waals surface area contributed by atoms with Crippen molar-refractivity contribution < 1.29 is 9.21 Å². The summed E-state index contributed by atoms with van der Waals surface area (Å²) in [7, 11) is 0. The molecule has 22 heavy (non-hydrogen) atoms. The Bertz CT molecular complexity index is 595. The lowest BCUT2D eigenvalue weighted by Gasteiger charge is -2.19. The SMILES string of the molecule is CC(Cc1ccoc1)NC(=O)Nc1ccc(C(C)(C)C)cc1. The number of urea groups is 1. The fraction of sp³-hybridized carbons (Fsp3) is 0.389. The lowest BCUT2D eigenvalue weighted by Crippen LogP contribution is -2.37. The number of amides is 2. The number of hydrogen-bond donors (Lipinski definition) is 2. The van der Waals surface area contributed by atoms with E-state index in [0.717, 1.165) is 17.7 Å². The smallest absolute Gasteiger partial charge is 0.319 e. The second kappa shape index (κ2) is 6.69. The van der Waals surface area contributed by atoms with Crippen molar-refractivity contribution in [2.24, 2.45) is 0 Å².